The summed E-state index contributed by atoms with van der Waals surface area (Å²) in [5.74, 6) is 1.76. The molecule has 0 aromatic heterocycles. The largest absolute Gasteiger partial charge is 0.486 e. The van der Waals surface area contributed by atoms with E-state index in [0.717, 1.165) is 37.2 Å². The van der Waals surface area contributed by atoms with Crippen LogP contribution in [0.1, 0.15) is 25.3 Å². The minimum absolute atomic E-state index is 0.262. The molecule has 0 aliphatic carbocycles. The summed E-state index contributed by atoms with van der Waals surface area (Å²) in [4.78, 5) is 0. The number of ether oxygens (including phenoxy) is 2. The van der Waals surface area contributed by atoms with Crippen molar-refractivity contribution in [1.82, 2.24) is 5.32 Å². The van der Waals surface area contributed by atoms with Gasteiger partial charge in [-0.25, -0.2) is 0 Å². The Morgan fingerprint density at radius 3 is 2.95 bits per heavy atom. The average molecular weight is 300 g/mol. The molecule has 1 unspecified atom stereocenters. The van der Waals surface area contributed by atoms with Gasteiger partial charge in [-0.15, -0.1) is 0 Å². The number of rotatable bonds is 7. The van der Waals surface area contributed by atoms with Gasteiger partial charge >= 0.3 is 0 Å². The van der Waals surface area contributed by atoms with Crippen LogP contribution in [0.2, 0.25) is 5.02 Å². The Hall–Kier alpha value is -0.970. The number of nitrogens with one attached hydrogen (secondary N) is 1. The third kappa shape index (κ3) is 4.27. The topological polar surface area (TPSA) is 50.7 Å². The second-order valence-electron chi connectivity index (χ2n) is 5.21. The van der Waals surface area contributed by atoms with Crippen LogP contribution in [-0.2, 0) is 6.54 Å². The molecule has 0 saturated heterocycles. The van der Waals surface area contributed by atoms with Crippen molar-refractivity contribution in [3.05, 3.63) is 22.7 Å². The summed E-state index contributed by atoms with van der Waals surface area (Å²) < 4.78 is 11.0. The third-order valence-corrected chi connectivity index (χ3v) is 3.63. The van der Waals surface area contributed by atoms with Gasteiger partial charge in [-0.05, 0) is 43.0 Å². The monoisotopic (exact) mass is 299 g/mol. The molecule has 1 aliphatic rings. The van der Waals surface area contributed by atoms with Gasteiger partial charge in [-0.3, -0.25) is 0 Å². The van der Waals surface area contributed by atoms with Crippen molar-refractivity contribution in [2.75, 3.05) is 26.4 Å². The van der Waals surface area contributed by atoms with Crippen molar-refractivity contribution in [3.8, 4) is 11.5 Å². The molecule has 5 heteroatoms. The number of hydrogen-bond donors (Lipinski definition) is 2. The average Bonchev–Trinajstić information content (AvgIpc) is 2.46. The highest BCUT2D eigenvalue weighted by Gasteiger charge is 2.16. The minimum atomic E-state index is 0.262. The van der Waals surface area contributed by atoms with E-state index in [0.29, 0.717) is 29.9 Å². The van der Waals surface area contributed by atoms with E-state index < -0.39 is 0 Å². The van der Waals surface area contributed by atoms with Crippen molar-refractivity contribution in [2.45, 2.75) is 26.3 Å². The Balaban J connectivity index is 1.80. The first-order valence-corrected chi connectivity index (χ1v) is 7.48. The Kier molecular flexibility index (Phi) is 5.95. The molecule has 1 aromatic carbocycles. The fourth-order valence-electron chi connectivity index (χ4n) is 2.17. The Morgan fingerprint density at radius 2 is 2.15 bits per heavy atom. The molecule has 1 aliphatic heterocycles. The Bertz CT molecular complexity index is 439. The molecule has 1 atom stereocenters. The van der Waals surface area contributed by atoms with Crippen LogP contribution in [-0.4, -0.2) is 31.5 Å². The van der Waals surface area contributed by atoms with Gasteiger partial charge in [-0.1, -0.05) is 18.5 Å². The molecule has 112 valence electrons. The number of hydrogen-bond acceptors (Lipinski definition) is 4. The summed E-state index contributed by atoms with van der Waals surface area (Å²) in [5.41, 5.74) is 1.09. The van der Waals surface area contributed by atoms with Gasteiger partial charge in [0.1, 0.15) is 13.2 Å². The minimum Gasteiger partial charge on any atom is -0.486 e. The molecular formula is C15H22ClNO3. The number of benzene rings is 1. The van der Waals surface area contributed by atoms with E-state index in [9.17, 15) is 0 Å². The molecule has 0 radical (unpaired) electrons. The molecule has 0 bridgehead atoms. The van der Waals surface area contributed by atoms with Crippen molar-refractivity contribution in [3.63, 3.8) is 0 Å². The molecule has 0 spiro atoms. The van der Waals surface area contributed by atoms with Gasteiger partial charge in [0.05, 0.1) is 5.02 Å². The normalized spacial score (nSPS) is 15.2. The Labute approximate surface area is 125 Å². The molecule has 1 heterocycles. The number of aliphatic hydroxyl groups excluding tert-OH is 1. The van der Waals surface area contributed by atoms with Gasteiger partial charge in [0.15, 0.2) is 11.5 Å². The van der Waals surface area contributed by atoms with Gasteiger partial charge in [0.2, 0.25) is 0 Å². The second-order valence-corrected chi connectivity index (χ2v) is 5.62. The third-order valence-electron chi connectivity index (χ3n) is 3.35. The first kappa shape index (κ1) is 15.4. The van der Waals surface area contributed by atoms with Crippen LogP contribution in [0.25, 0.3) is 0 Å². The van der Waals surface area contributed by atoms with Crippen LogP contribution in [0.5, 0.6) is 11.5 Å². The summed E-state index contributed by atoms with van der Waals surface area (Å²) >= 11 is 6.19. The summed E-state index contributed by atoms with van der Waals surface area (Å²) in [7, 11) is 0. The maximum absolute atomic E-state index is 8.95. The Morgan fingerprint density at radius 1 is 1.35 bits per heavy atom. The van der Waals surface area contributed by atoms with Crippen molar-refractivity contribution in [2.24, 2.45) is 5.92 Å². The maximum atomic E-state index is 8.95. The van der Waals surface area contributed by atoms with Gasteiger partial charge < -0.3 is 19.9 Å². The zero-order valence-electron chi connectivity index (χ0n) is 11.8. The fraction of sp³-hybridized carbons (Fsp3) is 0.600. The van der Waals surface area contributed by atoms with Crippen molar-refractivity contribution >= 4 is 11.6 Å². The number of fused-ring (bicyclic) bond motifs is 1. The van der Waals surface area contributed by atoms with E-state index >= 15 is 0 Å². The molecule has 0 fully saturated rings. The summed E-state index contributed by atoms with van der Waals surface area (Å²) in [5, 5.41) is 12.9. The summed E-state index contributed by atoms with van der Waals surface area (Å²) in [6.45, 7) is 5.12. The molecule has 0 amide bonds. The highest BCUT2D eigenvalue weighted by molar-refractivity contribution is 6.32. The maximum Gasteiger partial charge on any atom is 0.179 e. The number of halogens is 1. The first-order valence-electron chi connectivity index (χ1n) is 7.10. The lowest BCUT2D eigenvalue weighted by atomic mass is 10.1. The molecule has 2 N–H and O–H groups in total. The van der Waals surface area contributed by atoms with Crippen LogP contribution < -0.4 is 14.8 Å². The van der Waals surface area contributed by atoms with Gasteiger partial charge in [0.25, 0.3) is 0 Å². The van der Waals surface area contributed by atoms with Crippen LogP contribution >= 0.6 is 11.6 Å². The smallest absolute Gasteiger partial charge is 0.179 e. The van der Waals surface area contributed by atoms with Crippen LogP contribution in [0.15, 0.2) is 12.1 Å². The zero-order chi connectivity index (χ0) is 14.4. The number of aliphatic hydroxyl groups is 1. The van der Waals surface area contributed by atoms with Crippen molar-refractivity contribution in [1.29, 1.82) is 0 Å². The van der Waals surface area contributed by atoms with Crippen molar-refractivity contribution < 1.29 is 14.6 Å². The molecule has 4 nitrogen and oxygen atoms in total. The highest BCUT2D eigenvalue weighted by Crippen LogP contribution is 2.38. The van der Waals surface area contributed by atoms with E-state index in [-0.39, 0.29) is 6.61 Å². The first-order chi connectivity index (χ1) is 9.70. The van der Waals surface area contributed by atoms with E-state index in [4.69, 9.17) is 26.2 Å². The summed E-state index contributed by atoms with van der Waals surface area (Å²) in [6.07, 6.45) is 2.09. The van der Waals surface area contributed by atoms with Crippen LogP contribution in [0, 0.1) is 5.92 Å². The van der Waals surface area contributed by atoms with Gasteiger partial charge in [-0.2, -0.15) is 0 Å². The van der Waals surface area contributed by atoms with E-state index in [1.54, 1.807) is 0 Å². The van der Waals surface area contributed by atoms with Gasteiger partial charge in [0, 0.05) is 13.2 Å². The van der Waals surface area contributed by atoms with E-state index in [2.05, 4.69) is 12.2 Å². The molecule has 1 aromatic rings. The lowest BCUT2D eigenvalue weighted by Crippen LogP contribution is -2.18. The predicted molar refractivity (Wildman–Crippen MR) is 79.6 cm³/mol. The summed E-state index contributed by atoms with van der Waals surface area (Å²) in [6, 6.07) is 3.89. The lowest BCUT2D eigenvalue weighted by Gasteiger charge is -2.20. The standard InChI is InChI=1S/C15H22ClNO3/c1-11(10-18)3-2-4-17-9-12-7-13(16)15-14(8-12)19-5-6-20-15/h7-8,11,17-18H,2-6,9-10H2,1H3. The lowest BCUT2D eigenvalue weighted by molar-refractivity contribution is 0.171. The molecule has 20 heavy (non-hydrogen) atoms. The van der Waals surface area contributed by atoms with Crippen LogP contribution in [0.4, 0.5) is 0 Å². The highest BCUT2D eigenvalue weighted by atomic mass is 35.5. The van der Waals surface area contributed by atoms with E-state index in [1.807, 2.05) is 12.1 Å². The quantitative estimate of drug-likeness (QED) is 0.760. The second kappa shape index (κ2) is 7.72. The van der Waals surface area contributed by atoms with E-state index in [1.165, 1.54) is 0 Å². The fourth-order valence-corrected chi connectivity index (χ4v) is 2.45. The molecule has 2 rings (SSSR count). The predicted octanol–water partition coefficient (Wildman–Crippen LogP) is 2.61. The molecule has 0 saturated carbocycles. The zero-order valence-corrected chi connectivity index (χ0v) is 12.6. The molecular weight excluding hydrogens is 278 g/mol. The van der Waals surface area contributed by atoms with Crippen LogP contribution in [0.3, 0.4) is 0 Å². The SMILES string of the molecule is CC(CO)CCCNCc1cc(Cl)c2c(c1)OCCO2.